The molecule has 0 N–H and O–H groups in total. The van der Waals surface area contributed by atoms with E-state index in [1.54, 1.807) is 18.0 Å². The first kappa shape index (κ1) is 13.3. The van der Waals surface area contributed by atoms with Gasteiger partial charge >= 0.3 is 0 Å². The van der Waals surface area contributed by atoms with Crippen molar-refractivity contribution in [2.24, 2.45) is 0 Å². The molecular formula is C15H12ClN3S. The van der Waals surface area contributed by atoms with Crippen LogP contribution in [0.5, 0.6) is 0 Å². The fraction of sp³-hybridized carbons (Fsp3) is 0.133. The van der Waals surface area contributed by atoms with Crippen LogP contribution in [0.4, 0.5) is 0 Å². The summed E-state index contributed by atoms with van der Waals surface area (Å²) in [5.41, 5.74) is 2.58. The van der Waals surface area contributed by atoms with Gasteiger partial charge in [-0.15, -0.1) is 0 Å². The molecule has 0 unspecified atom stereocenters. The summed E-state index contributed by atoms with van der Waals surface area (Å²) >= 11 is 7.88. The van der Waals surface area contributed by atoms with Gasteiger partial charge < -0.3 is 0 Å². The summed E-state index contributed by atoms with van der Waals surface area (Å²) in [6.07, 6.45) is 1.80. The van der Waals surface area contributed by atoms with E-state index in [1.165, 1.54) is 0 Å². The van der Waals surface area contributed by atoms with Crippen LogP contribution in [-0.4, -0.2) is 20.7 Å². The number of aromatic nitrogens is 3. The zero-order chi connectivity index (χ0) is 13.9. The summed E-state index contributed by atoms with van der Waals surface area (Å²) in [5, 5.41) is 2.10. The molecule has 0 atom stereocenters. The molecule has 0 aliphatic rings. The first-order chi connectivity index (χ1) is 9.78. The highest BCUT2D eigenvalue weighted by Crippen LogP contribution is 2.29. The van der Waals surface area contributed by atoms with Crippen molar-refractivity contribution in [3.8, 4) is 11.1 Å². The maximum Gasteiger partial charge on any atom is 0.189 e. The molecule has 0 spiro atoms. The number of rotatable bonds is 3. The van der Waals surface area contributed by atoms with Crippen molar-refractivity contribution in [1.29, 1.82) is 0 Å². The largest absolute Gasteiger partial charge is 0.230 e. The lowest BCUT2D eigenvalue weighted by atomic mass is 10.1. The van der Waals surface area contributed by atoms with E-state index in [0.717, 1.165) is 27.4 Å². The minimum absolute atomic E-state index is 0.467. The van der Waals surface area contributed by atoms with E-state index in [2.05, 4.69) is 21.9 Å². The van der Waals surface area contributed by atoms with Gasteiger partial charge in [0.15, 0.2) is 10.8 Å². The van der Waals surface area contributed by atoms with Gasteiger partial charge in [0.05, 0.1) is 0 Å². The predicted molar refractivity (Wildman–Crippen MR) is 84.2 cm³/mol. The van der Waals surface area contributed by atoms with Crippen molar-refractivity contribution >= 4 is 34.4 Å². The van der Waals surface area contributed by atoms with Crippen LogP contribution < -0.4 is 0 Å². The third-order valence-corrected chi connectivity index (χ3v) is 3.89. The van der Waals surface area contributed by atoms with Crippen LogP contribution in [0.2, 0.25) is 5.15 Å². The van der Waals surface area contributed by atoms with Crippen molar-refractivity contribution in [1.82, 2.24) is 15.0 Å². The number of thioether (sulfide) groups is 1. The van der Waals surface area contributed by atoms with Crippen LogP contribution in [0.25, 0.3) is 22.2 Å². The van der Waals surface area contributed by atoms with Gasteiger partial charge in [-0.05, 0) is 17.4 Å². The molecule has 0 saturated heterocycles. The molecule has 20 heavy (non-hydrogen) atoms. The molecule has 0 radical (unpaired) electrons. The zero-order valence-electron chi connectivity index (χ0n) is 10.9. The molecule has 3 aromatic rings. The molecule has 2 aromatic heterocycles. The summed E-state index contributed by atoms with van der Waals surface area (Å²) in [6.45, 7) is 2.07. The van der Waals surface area contributed by atoms with Gasteiger partial charge in [-0.25, -0.2) is 15.0 Å². The van der Waals surface area contributed by atoms with Gasteiger partial charge in [-0.3, -0.25) is 0 Å². The van der Waals surface area contributed by atoms with E-state index < -0.39 is 0 Å². The summed E-state index contributed by atoms with van der Waals surface area (Å²) in [7, 11) is 0. The molecule has 3 rings (SSSR count). The second kappa shape index (κ2) is 5.77. The number of halogens is 1. The van der Waals surface area contributed by atoms with E-state index in [0.29, 0.717) is 10.8 Å². The van der Waals surface area contributed by atoms with Crippen LogP contribution in [0, 0.1) is 0 Å². The normalized spacial score (nSPS) is 10.9. The maximum atomic E-state index is 6.29. The van der Waals surface area contributed by atoms with Crippen molar-refractivity contribution in [2.45, 2.75) is 12.1 Å². The van der Waals surface area contributed by atoms with Gasteiger partial charge in [0, 0.05) is 17.1 Å². The highest BCUT2D eigenvalue weighted by atomic mass is 35.5. The van der Waals surface area contributed by atoms with E-state index in [9.17, 15) is 0 Å². The van der Waals surface area contributed by atoms with E-state index >= 15 is 0 Å². The van der Waals surface area contributed by atoms with Crippen LogP contribution in [0.3, 0.4) is 0 Å². The molecule has 0 saturated carbocycles. The Labute approximate surface area is 126 Å². The lowest BCUT2D eigenvalue weighted by Gasteiger charge is -2.06. The Bertz CT molecular complexity index is 747. The second-order valence-corrected chi connectivity index (χ2v) is 5.78. The SMILES string of the molecule is CCSc1ncc2cc(-c3ccccc3)c(Cl)nc2n1. The molecule has 1 aromatic carbocycles. The van der Waals surface area contributed by atoms with Crippen LogP contribution in [0.1, 0.15) is 6.92 Å². The van der Waals surface area contributed by atoms with Gasteiger partial charge in [-0.2, -0.15) is 0 Å². The van der Waals surface area contributed by atoms with Gasteiger partial charge in [0.2, 0.25) is 0 Å². The predicted octanol–water partition coefficient (Wildman–Crippen LogP) is 4.46. The molecule has 100 valence electrons. The lowest BCUT2D eigenvalue weighted by Crippen LogP contribution is -1.93. The van der Waals surface area contributed by atoms with E-state index in [4.69, 9.17) is 11.6 Å². The third kappa shape index (κ3) is 2.62. The zero-order valence-corrected chi connectivity index (χ0v) is 12.4. The number of nitrogens with zero attached hydrogens (tertiary/aromatic N) is 3. The van der Waals surface area contributed by atoms with Crippen molar-refractivity contribution in [3.05, 3.63) is 47.7 Å². The average molecular weight is 302 g/mol. The summed E-state index contributed by atoms with van der Waals surface area (Å²) in [5.74, 6) is 0.932. The van der Waals surface area contributed by atoms with Crippen LogP contribution in [0.15, 0.2) is 47.8 Å². The number of pyridine rings is 1. The van der Waals surface area contributed by atoms with E-state index in [-0.39, 0.29) is 0 Å². The Morgan fingerprint density at radius 3 is 2.70 bits per heavy atom. The molecule has 0 bridgehead atoms. The number of hydrogen-bond donors (Lipinski definition) is 0. The minimum atomic E-state index is 0.467. The summed E-state index contributed by atoms with van der Waals surface area (Å²) < 4.78 is 0. The fourth-order valence-electron chi connectivity index (χ4n) is 1.94. The number of fused-ring (bicyclic) bond motifs is 1. The first-order valence-electron chi connectivity index (χ1n) is 6.29. The number of benzene rings is 1. The van der Waals surface area contributed by atoms with Crippen molar-refractivity contribution < 1.29 is 0 Å². The highest BCUT2D eigenvalue weighted by Gasteiger charge is 2.09. The average Bonchev–Trinajstić information content (AvgIpc) is 2.48. The standard InChI is InChI=1S/C15H12ClN3S/c1-2-20-15-17-9-11-8-12(10-6-4-3-5-7-10)13(16)18-14(11)19-15/h3-9H,2H2,1H3. The molecule has 0 fully saturated rings. The summed E-state index contributed by atoms with van der Waals surface area (Å²) in [4.78, 5) is 13.1. The maximum absolute atomic E-state index is 6.29. The smallest absolute Gasteiger partial charge is 0.189 e. The Morgan fingerprint density at radius 1 is 1.15 bits per heavy atom. The van der Waals surface area contributed by atoms with Crippen LogP contribution >= 0.6 is 23.4 Å². The van der Waals surface area contributed by atoms with Gasteiger partial charge in [0.1, 0.15) is 5.15 Å². The van der Waals surface area contributed by atoms with Crippen molar-refractivity contribution in [3.63, 3.8) is 0 Å². The number of hydrogen-bond acceptors (Lipinski definition) is 4. The van der Waals surface area contributed by atoms with Gasteiger partial charge in [-0.1, -0.05) is 60.6 Å². The van der Waals surface area contributed by atoms with Gasteiger partial charge in [0.25, 0.3) is 0 Å². The van der Waals surface area contributed by atoms with E-state index in [1.807, 2.05) is 36.4 Å². The lowest BCUT2D eigenvalue weighted by molar-refractivity contribution is 0.989. The molecule has 0 aliphatic heterocycles. The Morgan fingerprint density at radius 2 is 1.95 bits per heavy atom. The minimum Gasteiger partial charge on any atom is -0.230 e. The molecule has 5 heteroatoms. The molecular weight excluding hydrogens is 290 g/mol. The topological polar surface area (TPSA) is 38.7 Å². The monoisotopic (exact) mass is 301 g/mol. The Balaban J connectivity index is 2.13. The molecule has 0 aliphatic carbocycles. The third-order valence-electron chi connectivity index (χ3n) is 2.86. The molecule has 2 heterocycles. The molecule has 3 nitrogen and oxygen atoms in total. The van der Waals surface area contributed by atoms with Crippen molar-refractivity contribution in [2.75, 3.05) is 5.75 Å². The fourth-order valence-corrected chi connectivity index (χ4v) is 2.73. The Kier molecular flexibility index (Phi) is 3.85. The highest BCUT2D eigenvalue weighted by molar-refractivity contribution is 7.99. The van der Waals surface area contributed by atoms with Crippen LogP contribution in [-0.2, 0) is 0 Å². The first-order valence-corrected chi connectivity index (χ1v) is 7.66. The quantitative estimate of drug-likeness (QED) is 0.407. The summed E-state index contributed by atoms with van der Waals surface area (Å²) in [6, 6.07) is 11.9. The molecule has 0 amide bonds. The Hall–Kier alpha value is -1.65. The second-order valence-electron chi connectivity index (χ2n) is 4.19.